The van der Waals surface area contributed by atoms with Crippen molar-refractivity contribution in [1.82, 2.24) is 0 Å². The number of fused-ring (bicyclic) bond motifs is 5. The summed E-state index contributed by atoms with van der Waals surface area (Å²) in [6, 6.07) is 0. The molecule has 2 N–H and O–H groups in total. The van der Waals surface area contributed by atoms with Gasteiger partial charge >= 0.3 is 5.97 Å². The zero-order valence-corrected chi connectivity index (χ0v) is 18.0. The molecule has 0 aliphatic heterocycles. The van der Waals surface area contributed by atoms with Crippen LogP contribution in [0.3, 0.4) is 0 Å². The van der Waals surface area contributed by atoms with E-state index in [1.165, 1.54) is 12.7 Å². The molecule has 0 aromatic rings. The second kappa shape index (κ2) is 7.49. The largest absolute Gasteiger partial charge is 0.467 e. The molecule has 5 heteroatoms. The molecule has 0 saturated heterocycles. The standard InChI is InChI=1S/C24H36O5/c1-23-10-8-15(25)12-14(23)4-5-16-17-6-7-19(24(17,2)11-9-18(16)23)20(26)13-21(27)22(28)29-3/h4,15-19,21,25,27H,5-13H2,1-3H3. The van der Waals surface area contributed by atoms with Gasteiger partial charge < -0.3 is 14.9 Å². The minimum atomic E-state index is -1.35. The number of carbonyl (C=O) groups excluding carboxylic acids is 2. The number of aliphatic hydroxyl groups is 2. The average Bonchev–Trinajstić information content (AvgIpc) is 3.05. The van der Waals surface area contributed by atoms with Crippen molar-refractivity contribution < 1.29 is 24.5 Å². The van der Waals surface area contributed by atoms with Crippen LogP contribution >= 0.6 is 0 Å². The zero-order valence-electron chi connectivity index (χ0n) is 18.0. The van der Waals surface area contributed by atoms with E-state index in [0.717, 1.165) is 51.4 Å². The molecule has 162 valence electrons. The Kier molecular flexibility index (Phi) is 5.44. The first-order chi connectivity index (χ1) is 13.7. The Hall–Kier alpha value is -1.20. The Morgan fingerprint density at radius 3 is 2.66 bits per heavy atom. The summed E-state index contributed by atoms with van der Waals surface area (Å²) in [6.07, 6.45) is 8.69. The lowest BCUT2D eigenvalue weighted by molar-refractivity contribution is -0.153. The number of allylic oxidation sites excluding steroid dienone is 1. The van der Waals surface area contributed by atoms with Crippen LogP contribution in [-0.2, 0) is 14.3 Å². The Balaban J connectivity index is 1.53. The molecule has 0 aromatic heterocycles. The number of ether oxygens (including phenoxy) is 1. The van der Waals surface area contributed by atoms with Crippen molar-refractivity contribution in [2.45, 2.75) is 83.8 Å². The summed E-state index contributed by atoms with van der Waals surface area (Å²) in [4.78, 5) is 24.6. The average molecular weight is 405 g/mol. The monoisotopic (exact) mass is 404 g/mol. The molecule has 4 rings (SSSR count). The van der Waals surface area contributed by atoms with E-state index in [4.69, 9.17) is 0 Å². The lowest BCUT2D eigenvalue weighted by Crippen LogP contribution is -2.51. The first-order valence-electron chi connectivity index (χ1n) is 11.4. The third-order valence-electron chi connectivity index (χ3n) is 9.33. The van der Waals surface area contributed by atoms with Gasteiger partial charge in [0.2, 0.25) is 0 Å². The zero-order chi connectivity index (χ0) is 21.0. The molecule has 0 bridgehead atoms. The molecule has 4 aliphatic rings. The maximum absolute atomic E-state index is 13.0. The van der Waals surface area contributed by atoms with Crippen LogP contribution < -0.4 is 0 Å². The summed E-state index contributed by atoms with van der Waals surface area (Å²) >= 11 is 0. The quantitative estimate of drug-likeness (QED) is 0.554. The van der Waals surface area contributed by atoms with E-state index < -0.39 is 12.1 Å². The third-order valence-corrected chi connectivity index (χ3v) is 9.33. The van der Waals surface area contributed by atoms with Gasteiger partial charge in [0.25, 0.3) is 0 Å². The van der Waals surface area contributed by atoms with Crippen LogP contribution in [0.5, 0.6) is 0 Å². The Labute approximate surface area is 173 Å². The molecule has 29 heavy (non-hydrogen) atoms. The molecule has 8 atom stereocenters. The summed E-state index contributed by atoms with van der Waals surface area (Å²) in [5.74, 6) is 0.985. The minimum absolute atomic E-state index is 0.0189. The van der Waals surface area contributed by atoms with Crippen LogP contribution in [0, 0.1) is 34.5 Å². The van der Waals surface area contributed by atoms with Crippen LogP contribution in [0.25, 0.3) is 0 Å². The molecule has 0 spiro atoms. The Bertz CT molecular complexity index is 714. The highest BCUT2D eigenvalue weighted by atomic mass is 16.5. The smallest absolute Gasteiger partial charge is 0.335 e. The summed E-state index contributed by atoms with van der Waals surface area (Å²) in [6.45, 7) is 4.69. The molecule has 0 radical (unpaired) electrons. The molecular weight excluding hydrogens is 368 g/mol. The predicted molar refractivity (Wildman–Crippen MR) is 109 cm³/mol. The van der Waals surface area contributed by atoms with Gasteiger partial charge in [-0.05, 0) is 80.0 Å². The van der Waals surface area contributed by atoms with Crippen LogP contribution in [0.4, 0.5) is 0 Å². The molecular formula is C24H36O5. The van der Waals surface area contributed by atoms with Crippen molar-refractivity contribution in [3.8, 4) is 0 Å². The summed E-state index contributed by atoms with van der Waals surface area (Å²) < 4.78 is 4.58. The van der Waals surface area contributed by atoms with Gasteiger partial charge in [-0.25, -0.2) is 4.79 Å². The van der Waals surface area contributed by atoms with Gasteiger partial charge in [-0.15, -0.1) is 0 Å². The van der Waals surface area contributed by atoms with Gasteiger partial charge in [-0.1, -0.05) is 25.5 Å². The normalized spacial score (nSPS) is 44.7. The van der Waals surface area contributed by atoms with Gasteiger partial charge in [-0.2, -0.15) is 0 Å². The molecule has 5 nitrogen and oxygen atoms in total. The highest BCUT2D eigenvalue weighted by molar-refractivity contribution is 5.87. The molecule has 4 aliphatic carbocycles. The van der Waals surface area contributed by atoms with E-state index in [0.29, 0.717) is 17.8 Å². The van der Waals surface area contributed by atoms with Crippen molar-refractivity contribution in [2.75, 3.05) is 7.11 Å². The number of rotatable bonds is 4. The van der Waals surface area contributed by atoms with Crippen molar-refractivity contribution >= 4 is 11.8 Å². The van der Waals surface area contributed by atoms with E-state index in [-0.39, 0.29) is 35.1 Å². The van der Waals surface area contributed by atoms with Crippen molar-refractivity contribution in [2.24, 2.45) is 34.5 Å². The first-order valence-corrected chi connectivity index (χ1v) is 11.4. The third kappa shape index (κ3) is 3.29. The van der Waals surface area contributed by atoms with E-state index >= 15 is 0 Å². The molecule has 0 amide bonds. The van der Waals surface area contributed by atoms with Gasteiger partial charge in [0.05, 0.1) is 13.2 Å². The molecule has 3 saturated carbocycles. The highest BCUT2D eigenvalue weighted by Gasteiger charge is 2.59. The summed E-state index contributed by atoms with van der Waals surface area (Å²) in [7, 11) is 1.24. The van der Waals surface area contributed by atoms with Crippen molar-refractivity contribution in [3.63, 3.8) is 0 Å². The maximum Gasteiger partial charge on any atom is 0.335 e. The molecule has 8 unspecified atom stereocenters. The highest BCUT2D eigenvalue weighted by Crippen LogP contribution is 2.66. The van der Waals surface area contributed by atoms with Crippen LogP contribution in [-0.4, -0.2) is 41.3 Å². The van der Waals surface area contributed by atoms with Crippen LogP contribution in [0.15, 0.2) is 11.6 Å². The first kappa shape index (κ1) is 21.0. The Morgan fingerprint density at radius 1 is 1.17 bits per heavy atom. The number of esters is 1. The van der Waals surface area contributed by atoms with E-state index in [1.54, 1.807) is 0 Å². The number of aliphatic hydroxyl groups excluding tert-OH is 2. The number of hydrogen-bond acceptors (Lipinski definition) is 5. The number of Topliss-reactive ketones (excluding diaryl/α,β-unsaturated/α-hetero) is 1. The molecule has 0 aromatic carbocycles. The maximum atomic E-state index is 13.0. The summed E-state index contributed by atoms with van der Waals surface area (Å²) in [5, 5.41) is 20.1. The fourth-order valence-corrected chi connectivity index (χ4v) is 7.72. The lowest BCUT2D eigenvalue weighted by Gasteiger charge is -2.58. The second-order valence-corrected chi connectivity index (χ2v) is 10.5. The van der Waals surface area contributed by atoms with Crippen LogP contribution in [0.2, 0.25) is 0 Å². The lowest BCUT2D eigenvalue weighted by atomic mass is 9.47. The second-order valence-electron chi connectivity index (χ2n) is 10.5. The van der Waals surface area contributed by atoms with Crippen molar-refractivity contribution in [1.29, 1.82) is 0 Å². The number of hydrogen-bond donors (Lipinski definition) is 2. The number of methoxy groups -OCH3 is 1. The van der Waals surface area contributed by atoms with Gasteiger partial charge in [-0.3, -0.25) is 4.79 Å². The van der Waals surface area contributed by atoms with E-state index in [2.05, 4.69) is 24.7 Å². The number of ketones is 1. The molecule has 3 fully saturated rings. The minimum Gasteiger partial charge on any atom is -0.467 e. The SMILES string of the molecule is COC(=O)C(O)CC(=O)C1CCC2C3CC=C4CC(O)CCC4(C)C3CCC12C. The predicted octanol–water partition coefficient (Wildman–Crippen LogP) is 3.42. The number of carbonyl (C=O) groups is 2. The Morgan fingerprint density at radius 2 is 1.93 bits per heavy atom. The van der Waals surface area contributed by atoms with Crippen molar-refractivity contribution in [3.05, 3.63) is 11.6 Å². The van der Waals surface area contributed by atoms with Crippen LogP contribution in [0.1, 0.15) is 71.6 Å². The fraction of sp³-hybridized carbons (Fsp3) is 0.833. The molecule has 0 heterocycles. The fourth-order valence-electron chi connectivity index (χ4n) is 7.72. The van der Waals surface area contributed by atoms with E-state index in [9.17, 15) is 19.8 Å². The van der Waals surface area contributed by atoms with Gasteiger partial charge in [0, 0.05) is 12.3 Å². The van der Waals surface area contributed by atoms with Gasteiger partial charge in [0.1, 0.15) is 5.78 Å². The summed E-state index contributed by atoms with van der Waals surface area (Å²) in [5.41, 5.74) is 1.63. The van der Waals surface area contributed by atoms with Gasteiger partial charge in [0.15, 0.2) is 6.10 Å². The van der Waals surface area contributed by atoms with E-state index in [1.807, 2.05) is 0 Å². The topological polar surface area (TPSA) is 83.8 Å².